The molecule has 0 spiro atoms. The molecule has 3 heterocycles. The van der Waals surface area contributed by atoms with Gasteiger partial charge in [0.05, 0.1) is 0 Å². The van der Waals surface area contributed by atoms with Crippen LogP contribution in [0, 0.1) is 0 Å². The predicted octanol–water partition coefficient (Wildman–Crippen LogP) is 2.78. The van der Waals surface area contributed by atoms with Crippen LogP contribution in [-0.4, -0.2) is 56.7 Å². The zero-order chi connectivity index (χ0) is 19.6. The van der Waals surface area contributed by atoms with Crippen molar-refractivity contribution in [3.63, 3.8) is 0 Å². The van der Waals surface area contributed by atoms with Gasteiger partial charge in [-0.2, -0.15) is 5.10 Å². The van der Waals surface area contributed by atoms with Crippen LogP contribution in [0.1, 0.15) is 10.4 Å². The van der Waals surface area contributed by atoms with Gasteiger partial charge in [0, 0.05) is 50.2 Å². The van der Waals surface area contributed by atoms with E-state index in [1.54, 1.807) is 17.2 Å². The van der Waals surface area contributed by atoms with E-state index in [1.165, 1.54) is 0 Å². The molecule has 29 heavy (non-hydrogen) atoms. The third-order valence-electron chi connectivity index (χ3n) is 5.26. The number of rotatable bonds is 3. The van der Waals surface area contributed by atoms with Crippen LogP contribution in [0.15, 0.2) is 73.3 Å². The second-order valence-corrected chi connectivity index (χ2v) is 7.03. The minimum absolute atomic E-state index is 0.0790. The molecule has 7 heteroatoms. The number of hydrogen-bond donors (Lipinski definition) is 0. The first kappa shape index (κ1) is 17.4. The number of anilines is 1. The fourth-order valence-corrected chi connectivity index (χ4v) is 3.68. The summed E-state index contributed by atoms with van der Waals surface area (Å²) < 4.78 is 1.71. The summed E-state index contributed by atoms with van der Waals surface area (Å²) in [6.07, 6.45) is 5.13. The van der Waals surface area contributed by atoms with Crippen molar-refractivity contribution in [1.29, 1.82) is 0 Å². The normalized spacial score (nSPS) is 14.3. The summed E-state index contributed by atoms with van der Waals surface area (Å²) in [5.41, 5.74) is 0.736. The van der Waals surface area contributed by atoms with Crippen LogP contribution >= 0.6 is 0 Å². The van der Waals surface area contributed by atoms with Gasteiger partial charge in [-0.1, -0.05) is 30.3 Å². The van der Waals surface area contributed by atoms with Gasteiger partial charge >= 0.3 is 0 Å². The Morgan fingerprint density at radius 1 is 0.828 bits per heavy atom. The van der Waals surface area contributed by atoms with Crippen molar-refractivity contribution in [3.05, 3.63) is 78.9 Å². The highest BCUT2D eigenvalue weighted by Gasteiger charge is 2.23. The van der Waals surface area contributed by atoms with Gasteiger partial charge in [0.15, 0.2) is 5.82 Å². The quantitative estimate of drug-likeness (QED) is 0.543. The largest absolute Gasteiger partial charge is 0.353 e. The number of nitrogens with zero attached hydrogens (tertiary/aromatic N) is 6. The number of fused-ring (bicyclic) bond motifs is 1. The van der Waals surface area contributed by atoms with E-state index in [1.807, 2.05) is 59.6 Å². The van der Waals surface area contributed by atoms with Gasteiger partial charge in [-0.05, 0) is 29.0 Å². The zero-order valence-corrected chi connectivity index (χ0v) is 15.8. The van der Waals surface area contributed by atoms with Crippen molar-refractivity contribution in [3.8, 4) is 5.82 Å². The van der Waals surface area contributed by atoms with Crippen molar-refractivity contribution >= 4 is 22.5 Å². The molecule has 0 saturated carbocycles. The van der Waals surface area contributed by atoms with Crippen LogP contribution in [0.25, 0.3) is 16.6 Å². The van der Waals surface area contributed by atoms with E-state index >= 15 is 0 Å². The van der Waals surface area contributed by atoms with Crippen LogP contribution in [0.3, 0.4) is 0 Å². The minimum Gasteiger partial charge on any atom is -0.353 e. The Labute approximate surface area is 168 Å². The van der Waals surface area contributed by atoms with Crippen molar-refractivity contribution in [2.24, 2.45) is 0 Å². The molecule has 1 aliphatic rings. The van der Waals surface area contributed by atoms with Crippen molar-refractivity contribution in [1.82, 2.24) is 24.6 Å². The number of carbonyl (C=O) groups excluding carboxylic acids is 1. The van der Waals surface area contributed by atoms with E-state index in [0.29, 0.717) is 13.1 Å². The molecule has 5 rings (SSSR count). The first-order chi connectivity index (χ1) is 14.3. The van der Waals surface area contributed by atoms with Crippen LogP contribution in [0.4, 0.5) is 5.82 Å². The number of carbonyl (C=O) groups is 1. The smallest absolute Gasteiger partial charge is 0.253 e. The number of benzene rings is 2. The molecular weight excluding hydrogens is 364 g/mol. The Kier molecular flexibility index (Phi) is 4.40. The average Bonchev–Trinajstić information content (AvgIpc) is 3.34. The highest BCUT2D eigenvalue weighted by Crippen LogP contribution is 2.19. The highest BCUT2D eigenvalue weighted by molar-refractivity contribution is 5.98. The van der Waals surface area contributed by atoms with E-state index in [2.05, 4.69) is 26.0 Å². The topological polar surface area (TPSA) is 67.2 Å². The molecule has 1 saturated heterocycles. The maximum Gasteiger partial charge on any atom is 0.253 e. The van der Waals surface area contributed by atoms with Crippen molar-refractivity contribution in [2.45, 2.75) is 0 Å². The van der Waals surface area contributed by atoms with Crippen molar-refractivity contribution < 1.29 is 4.79 Å². The monoisotopic (exact) mass is 384 g/mol. The lowest BCUT2D eigenvalue weighted by Crippen LogP contribution is -2.49. The fraction of sp³-hybridized carbons (Fsp3) is 0.182. The van der Waals surface area contributed by atoms with Crippen LogP contribution < -0.4 is 4.90 Å². The first-order valence-electron chi connectivity index (χ1n) is 9.63. The highest BCUT2D eigenvalue weighted by atomic mass is 16.2. The van der Waals surface area contributed by atoms with Crippen LogP contribution in [0.5, 0.6) is 0 Å². The second-order valence-electron chi connectivity index (χ2n) is 7.03. The van der Waals surface area contributed by atoms with Gasteiger partial charge in [-0.25, -0.2) is 14.6 Å². The molecule has 2 aromatic carbocycles. The molecule has 0 radical (unpaired) electrons. The Hall–Kier alpha value is -3.74. The lowest BCUT2D eigenvalue weighted by molar-refractivity contribution is 0.0746. The van der Waals surface area contributed by atoms with Gasteiger partial charge in [-0.15, -0.1) is 0 Å². The standard InChI is InChI=1S/C22H20N6O/c29-22(19-7-6-17-4-1-2-5-18(17)14-19)27-12-10-26(11-13-27)20-15-21(24-16-23-20)28-9-3-8-25-28/h1-9,14-16H,10-13H2. The lowest BCUT2D eigenvalue weighted by atomic mass is 10.1. The van der Waals surface area contributed by atoms with Crippen LogP contribution in [0.2, 0.25) is 0 Å². The second kappa shape index (κ2) is 7.35. The summed E-state index contributed by atoms with van der Waals surface area (Å²) in [7, 11) is 0. The Morgan fingerprint density at radius 3 is 2.41 bits per heavy atom. The molecule has 0 N–H and O–H groups in total. The average molecular weight is 384 g/mol. The Morgan fingerprint density at radius 2 is 1.62 bits per heavy atom. The van der Waals surface area contributed by atoms with Crippen LogP contribution in [-0.2, 0) is 0 Å². The number of piperazine rings is 1. The molecule has 1 fully saturated rings. The third-order valence-corrected chi connectivity index (χ3v) is 5.26. The van der Waals surface area contributed by atoms with Gasteiger partial charge in [0.25, 0.3) is 5.91 Å². The summed E-state index contributed by atoms with van der Waals surface area (Å²) >= 11 is 0. The third kappa shape index (κ3) is 3.42. The summed E-state index contributed by atoms with van der Waals surface area (Å²) in [5.74, 6) is 1.66. The lowest BCUT2D eigenvalue weighted by Gasteiger charge is -2.35. The number of hydrogen-bond acceptors (Lipinski definition) is 5. The predicted molar refractivity (Wildman–Crippen MR) is 111 cm³/mol. The Balaban J connectivity index is 1.28. The molecule has 7 nitrogen and oxygen atoms in total. The van der Waals surface area contributed by atoms with Crippen molar-refractivity contribution in [2.75, 3.05) is 31.1 Å². The summed E-state index contributed by atoms with van der Waals surface area (Å²) in [4.78, 5) is 25.7. The van der Waals surface area contributed by atoms with E-state index in [-0.39, 0.29) is 5.91 Å². The van der Waals surface area contributed by atoms with E-state index in [0.717, 1.165) is 41.1 Å². The van der Waals surface area contributed by atoms with E-state index in [9.17, 15) is 4.79 Å². The Bertz CT molecular complexity index is 1150. The number of aromatic nitrogens is 4. The zero-order valence-electron chi connectivity index (χ0n) is 15.8. The van der Waals surface area contributed by atoms with Gasteiger partial charge in [-0.3, -0.25) is 4.79 Å². The van der Waals surface area contributed by atoms with Gasteiger partial charge in [0.2, 0.25) is 0 Å². The summed E-state index contributed by atoms with van der Waals surface area (Å²) in [6.45, 7) is 2.78. The SMILES string of the molecule is O=C(c1ccc2ccccc2c1)N1CCN(c2cc(-n3cccn3)ncn2)CC1. The fourth-order valence-electron chi connectivity index (χ4n) is 3.68. The summed E-state index contributed by atoms with van der Waals surface area (Å²) in [5, 5.41) is 6.45. The maximum absolute atomic E-state index is 13.0. The molecule has 0 bridgehead atoms. The maximum atomic E-state index is 13.0. The van der Waals surface area contributed by atoms with Gasteiger partial charge in [0.1, 0.15) is 12.1 Å². The molecule has 144 valence electrons. The molecular formula is C22H20N6O. The molecule has 2 aromatic heterocycles. The summed E-state index contributed by atoms with van der Waals surface area (Å²) in [6, 6.07) is 17.8. The minimum atomic E-state index is 0.0790. The molecule has 0 unspecified atom stereocenters. The molecule has 0 atom stereocenters. The van der Waals surface area contributed by atoms with E-state index in [4.69, 9.17) is 0 Å². The molecule has 4 aromatic rings. The molecule has 1 amide bonds. The first-order valence-corrected chi connectivity index (χ1v) is 9.63. The van der Waals surface area contributed by atoms with Gasteiger partial charge < -0.3 is 9.80 Å². The molecule has 1 aliphatic heterocycles. The number of amides is 1. The van der Waals surface area contributed by atoms with E-state index < -0.39 is 0 Å². The molecule has 0 aliphatic carbocycles.